The van der Waals surface area contributed by atoms with Gasteiger partial charge in [0.1, 0.15) is 0 Å². The number of hydrogen-bond acceptors (Lipinski definition) is 6. The van der Waals surface area contributed by atoms with Crippen LogP contribution >= 0.6 is 23.1 Å². The highest BCUT2D eigenvalue weighted by Gasteiger charge is 2.17. The summed E-state index contributed by atoms with van der Waals surface area (Å²) in [4.78, 5) is 12.2. The molecular weight excluding hydrogens is 316 g/mol. The fraction of sp³-hybridized carbons (Fsp3) is 0.400. The molecule has 1 aromatic carbocycles. The van der Waals surface area contributed by atoms with Gasteiger partial charge in [-0.3, -0.25) is 4.79 Å². The number of carbonyl (C=O) groups excluding carboxylic acids is 1. The summed E-state index contributed by atoms with van der Waals surface area (Å²) in [6.07, 6.45) is 1.10. The number of rotatable bonds is 6. The van der Waals surface area contributed by atoms with E-state index in [2.05, 4.69) is 41.5 Å². The third kappa shape index (κ3) is 4.45. The van der Waals surface area contributed by atoms with Crippen LogP contribution in [0.2, 0.25) is 0 Å². The SMILES string of the molecule is CC[C@@H](C)c1ccc(NC(=O)[C@H](C)Sc2nnc(N)s2)cc1. The Morgan fingerprint density at radius 3 is 2.55 bits per heavy atom. The van der Waals surface area contributed by atoms with Crippen LogP contribution in [0.4, 0.5) is 10.8 Å². The number of anilines is 2. The second-order valence-corrected chi connectivity index (χ2v) is 7.68. The van der Waals surface area contributed by atoms with E-state index in [4.69, 9.17) is 5.73 Å². The van der Waals surface area contributed by atoms with Crippen molar-refractivity contribution in [3.8, 4) is 0 Å². The maximum atomic E-state index is 12.2. The molecule has 1 amide bonds. The highest BCUT2D eigenvalue weighted by Crippen LogP contribution is 2.28. The Hall–Kier alpha value is -1.60. The first-order chi connectivity index (χ1) is 10.5. The summed E-state index contributed by atoms with van der Waals surface area (Å²) in [5, 5.41) is 10.7. The Morgan fingerprint density at radius 2 is 2.00 bits per heavy atom. The zero-order valence-corrected chi connectivity index (χ0v) is 14.5. The number of amides is 1. The summed E-state index contributed by atoms with van der Waals surface area (Å²) in [6, 6.07) is 8.01. The summed E-state index contributed by atoms with van der Waals surface area (Å²) in [6.45, 7) is 6.20. The lowest BCUT2D eigenvalue weighted by Gasteiger charge is -2.12. The molecule has 1 heterocycles. The molecule has 0 saturated heterocycles. The fourth-order valence-electron chi connectivity index (χ4n) is 1.85. The van der Waals surface area contributed by atoms with Crippen LogP contribution in [-0.4, -0.2) is 21.4 Å². The molecule has 2 rings (SSSR count). The molecule has 7 heteroatoms. The van der Waals surface area contributed by atoms with Gasteiger partial charge in [0.15, 0.2) is 4.34 Å². The molecule has 22 heavy (non-hydrogen) atoms. The van der Waals surface area contributed by atoms with Crippen LogP contribution in [0.1, 0.15) is 38.7 Å². The van der Waals surface area contributed by atoms with Gasteiger partial charge in [0.2, 0.25) is 11.0 Å². The van der Waals surface area contributed by atoms with Crippen molar-refractivity contribution in [1.29, 1.82) is 0 Å². The van der Waals surface area contributed by atoms with Crippen molar-refractivity contribution in [1.82, 2.24) is 10.2 Å². The second kappa shape index (κ2) is 7.60. The van der Waals surface area contributed by atoms with Crippen molar-refractivity contribution in [2.75, 3.05) is 11.1 Å². The lowest BCUT2D eigenvalue weighted by Crippen LogP contribution is -2.22. The van der Waals surface area contributed by atoms with Crippen LogP contribution in [0.3, 0.4) is 0 Å². The highest BCUT2D eigenvalue weighted by atomic mass is 32.2. The van der Waals surface area contributed by atoms with Gasteiger partial charge >= 0.3 is 0 Å². The van der Waals surface area contributed by atoms with Gasteiger partial charge in [-0.2, -0.15) is 0 Å². The molecule has 0 bridgehead atoms. The molecule has 0 radical (unpaired) electrons. The predicted octanol–water partition coefficient (Wildman–Crippen LogP) is 3.75. The molecule has 2 aromatic rings. The van der Waals surface area contributed by atoms with Crippen LogP contribution in [0.15, 0.2) is 28.6 Å². The van der Waals surface area contributed by atoms with Crippen molar-refractivity contribution >= 4 is 39.8 Å². The maximum Gasteiger partial charge on any atom is 0.237 e. The minimum Gasteiger partial charge on any atom is -0.374 e. The van der Waals surface area contributed by atoms with Gasteiger partial charge < -0.3 is 11.1 Å². The normalized spacial score (nSPS) is 13.6. The smallest absolute Gasteiger partial charge is 0.237 e. The van der Waals surface area contributed by atoms with Crippen LogP contribution in [-0.2, 0) is 4.79 Å². The van der Waals surface area contributed by atoms with Crippen LogP contribution in [0, 0.1) is 0 Å². The van der Waals surface area contributed by atoms with Crippen molar-refractivity contribution in [3.63, 3.8) is 0 Å². The lowest BCUT2D eigenvalue weighted by molar-refractivity contribution is -0.115. The first kappa shape index (κ1) is 16.8. The largest absolute Gasteiger partial charge is 0.374 e. The average molecular weight is 336 g/mol. The van der Waals surface area contributed by atoms with Gasteiger partial charge in [-0.05, 0) is 37.0 Å². The highest BCUT2D eigenvalue weighted by molar-refractivity contribution is 8.02. The van der Waals surface area contributed by atoms with E-state index < -0.39 is 0 Å². The number of carbonyl (C=O) groups is 1. The number of thioether (sulfide) groups is 1. The van der Waals surface area contributed by atoms with Gasteiger partial charge in [-0.25, -0.2) is 0 Å². The summed E-state index contributed by atoms with van der Waals surface area (Å²) in [7, 11) is 0. The first-order valence-corrected chi connectivity index (χ1v) is 8.85. The third-order valence-corrected chi connectivity index (χ3v) is 5.37. The monoisotopic (exact) mass is 336 g/mol. The van der Waals surface area contributed by atoms with Crippen LogP contribution in [0.5, 0.6) is 0 Å². The fourth-order valence-corrected chi connectivity index (χ4v) is 3.63. The quantitative estimate of drug-likeness (QED) is 0.785. The Bertz CT molecular complexity index is 627. The maximum absolute atomic E-state index is 12.2. The van der Waals surface area contributed by atoms with E-state index in [-0.39, 0.29) is 11.2 Å². The molecule has 1 aromatic heterocycles. The molecule has 3 N–H and O–H groups in total. The van der Waals surface area contributed by atoms with Crippen molar-refractivity contribution < 1.29 is 4.79 Å². The van der Waals surface area contributed by atoms with E-state index in [1.165, 1.54) is 28.7 Å². The van der Waals surface area contributed by atoms with E-state index in [0.29, 0.717) is 15.4 Å². The molecule has 118 valence electrons. The van der Waals surface area contributed by atoms with Crippen molar-refractivity contribution in [2.24, 2.45) is 0 Å². The summed E-state index contributed by atoms with van der Waals surface area (Å²) in [5.74, 6) is 0.470. The molecule has 0 unspecified atom stereocenters. The molecule has 0 aliphatic rings. The topological polar surface area (TPSA) is 80.9 Å². The number of aromatic nitrogens is 2. The first-order valence-electron chi connectivity index (χ1n) is 7.16. The van der Waals surface area contributed by atoms with Gasteiger partial charge in [-0.15, -0.1) is 10.2 Å². The Morgan fingerprint density at radius 1 is 1.32 bits per heavy atom. The minimum atomic E-state index is -0.262. The lowest BCUT2D eigenvalue weighted by atomic mass is 9.99. The summed E-state index contributed by atoms with van der Waals surface area (Å²) in [5.41, 5.74) is 7.63. The van der Waals surface area contributed by atoms with E-state index in [1.54, 1.807) is 0 Å². The van der Waals surface area contributed by atoms with Gasteiger partial charge in [-0.1, -0.05) is 49.1 Å². The molecule has 0 saturated carbocycles. The van der Waals surface area contributed by atoms with Crippen molar-refractivity contribution in [2.45, 2.75) is 42.7 Å². The zero-order valence-electron chi connectivity index (χ0n) is 12.9. The summed E-state index contributed by atoms with van der Waals surface area (Å²) >= 11 is 2.64. The van der Waals surface area contributed by atoms with E-state index >= 15 is 0 Å². The second-order valence-electron chi connectivity index (χ2n) is 5.09. The summed E-state index contributed by atoms with van der Waals surface area (Å²) < 4.78 is 0.701. The third-order valence-electron chi connectivity index (χ3n) is 3.43. The number of nitrogens with zero attached hydrogens (tertiary/aromatic N) is 2. The molecule has 0 aliphatic carbocycles. The van der Waals surface area contributed by atoms with Crippen molar-refractivity contribution in [3.05, 3.63) is 29.8 Å². The Kier molecular flexibility index (Phi) is 5.79. The minimum absolute atomic E-state index is 0.0601. The van der Waals surface area contributed by atoms with Crippen LogP contribution < -0.4 is 11.1 Å². The average Bonchev–Trinajstić information content (AvgIpc) is 2.92. The Balaban J connectivity index is 1.93. The number of nitrogens with two attached hydrogens (primary N) is 1. The molecular formula is C15H20N4OS2. The molecule has 0 fully saturated rings. The molecule has 0 aliphatic heterocycles. The number of nitrogens with one attached hydrogen (secondary N) is 1. The molecule has 5 nitrogen and oxygen atoms in total. The van der Waals surface area contributed by atoms with Gasteiger partial charge in [0.05, 0.1) is 5.25 Å². The molecule has 2 atom stereocenters. The van der Waals surface area contributed by atoms with Crippen LogP contribution in [0.25, 0.3) is 0 Å². The molecule has 0 spiro atoms. The number of nitrogen functional groups attached to an aromatic ring is 1. The van der Waals surface area contributed by atoms with Gasteiger partial charge in [0, 0.05) is 5.69 Å². The van der Waals surface area contributed by atoms with E-state index in [9.17, 15) is 4.79 Å². The Labute approximate surface area is 138 Å². The standard InChI is InChI=1S/C15H20N4OS2/c1-4-9(2)11-5-7-12(8-6-11)17-13(20)10(3)21-15-19-18-14(16)22-15/h5-10H,4H2,1-3H3,(H2,16,18)(H,17,20)/t9-,10+/m1/s1. The van der Waals surface area contributed by atoms with Gasteiger partial charge in [0.25, 0.3) is 0 Å². The zero-order chi connectivity index (χ0) is 16.1. The predicted molar refractivity (Wildman–Crippen MR) is 93.4 cm³/mol. The van der Waals surface area contributed by atoms with E-state index in [0.717, 1.165) is 12.1 Å². The number of benzene rings is 1. The van der Waals surface area contributed by atoms with E-state index in [1.807, 2.05) is 19.1 Å². The number of hydrogen-bond donors (Lipinski definition) is 2.